The van der Waals surface area contributed by atoms with Gasteiger partial charge in [-0.25, -0.2) is 4.98 Å². The Morgan fingerprint density at radius 1 is 1.29 bits per heavy atom. The van der Waals surface area contributed by atoms with E-state index < -0.39 is 0 Å². The molecule has 0 unspecified atom stereocenters. The predicted octanol–water partition coefficient (Wildman–Crippen LogP) is 3.47. The molecule has 1 aromatic heterocycles. The number of aromatic amines is 1. The summed E-state index contributed by atoms with van der Waals surface area (Å²) in [5.41, 5.74) is 1.93. The molecule has 17 heavy (non-hydrogen) atoms. The zero-order valence-corrected chi connectivity index (χ0v) is 11.0. The Bertz CT molecular complexity index is 486. The molecule has 92 valence electrons. The van der Waals surface area contributed by atoms with Crippen molar-refractivity contribution in [2.45, 2.75) is 24.4 Å². The quantitative estimate of drug-likeness (QED) is 0.624. The van der Waals surface area contributed by atoms with Crippen molar-refractivity contribution in [3.8, 4) is 0 Å². The highest BCUT2D eigenvalue weighted by atomic mass is 35.5. The van der Waals surface area contributed by atoms with Gasteiger partial charge in [0.25, 0.3) is 0 Å². The molecule has 0 spiro atoms. The first-order chi connectivity index (χ1) is 8.29. The predicted molar refractivity (Wildman–Crippen MR) is 72.8 cm³/mol. The van der Waals surface area contributed by atoms with Crippen LogP contribution in [0.5, 0.6) is 0 Å². The van der Waals surface area contributed by atoms with E-state index in [0.717, 1.165) is 46.2 Å². The van der Waals surface area contributed by atoms with Gasteiger partial charge in [0.1, 0.15) is 0 Å². The number of rotatable bonds is 6. The summed E-state index contributed by atoms with van der Waals surface area (Å²) in [5.74, 6) is 1.02. The van der Waals surface area contributed by atoms with E-state index in [1.54, 1.807) is 11.8 Å². The highest BCUT2D eigenvalue weighted by Crippen LogP contribution is 2.22. The third-order valence-electron chi connectivity index (χ3n) is 2.46. The van der Waals surface area contributed by atoms with Crippen molar-refractivity contribution in [2.24, 2.45) is 0 Å². The lowest BCUT2D eigenvalue weighted by molar-refractivity contribution is 0.284. The Labute approximate surface area is 110 Å². The summed E-state index contributed by atoms with van der Waals surface area (Å²) in [7, 11) is 0. The van der Waals surface area contributed by atoms with E-state index in [0.29, 0.717) is 0 Å². The van der Waals surface area contributed by atoms with E-state index in [1.165, 1.54) is 0 Å². The summed E-state index contributed by atoms with van der Waals surface area (Å²) in [4.78, 5) is 7.72. The number of aliphatic hydroxyl groups is 1. The number of imidazole rings is 1. The molecule has 0 atom stereocenters. The molecule has 1 aromatic carbocycles. The Hall–Kier alpha value is -0.710. The molecule has 0 amide bonds. The monoisotopic (exact) mass is 270 g/mol. The van der Waals surface area contributed by atoms with E-state index in [9.17, 15) is 0 Å². The maximum atomic E-state index is 8.67. The van der Waals surface area contributed by atoms with Crippen LogP contribution in [0.2, 0.25) is 5.02 Å². The number of nitrogens with one attached hydrogen (secondary N) is 1. The minimum absolute atomic E-state index is 0.286. The van der Waals surface area contributed by atoms with Crippen molar-refractivity contribution in [1.82, 2.24) is 9.97 Å². The van der Waals surface area contributed by atoms with E-state index in [2.05, 4.69) is 9.97 Å². The van der Waals surface area contributed by atoms with Gasteiger partial charge in [0, 0.05) is 17.4 Å². The number of nitrogens with zero attached hydrogens (tertiary/aromatic N) is 1. The molecular formula is C12H15ClN2OS. The van der Waals surface area contributed by atoms with Crippen LogP contribution in [0.4, 0.5) is 0 Å². The first-order valence-electron chi connectivity index (χ1n) is 5.68. The maximum Gasteiger partial charge on any atom is 0.166 e. The summed E-state index contributed by atoms with van der Waals surface area (Å²) in [6.45, 7) is 0.286. The molecule has 0 aliphatic rings. The first-order valence-corrected chi connectivity index (χ1v) is 7.05. The lowest BCUT2D eigenvalue weighted by Gasteiger charge is -1.96. The van der Waals surface area contributed by atoms with Gasteiger partial charge in [-0.05, 0) is 31.0 Å². The van der Waals surface area contributed by atoms with Crippen LogP contribution in [0.15, 0.2) is 23.4 Å². The number of H-pyrrole nitrogens is 1. The summed E-state index contributed by atoms with van der Waals surface area (Å²) in [6.07, 6.45) is 3.05. The fourth-order valence-electron chi connectivity index (χ4n) is 1.59. The molecule has 0 saturated heterocycles. The van der Waals surface area contributed by atoms with Gasteiger partial charge < -0.3 is 10.1 Å². The van der Waals surface area contributed by atoms with Gasteiger partial charge in [-0.1, -0.05) is 29.8 Å². The van der Waals surface area contributed by atoms with Crippen molar-refractivity contribution in [3.05, 3.63) is 23.2 Å². The van der Waals surface area contributed by atoms with E-state index in [4.69, 9.17) is 16.7 Å². The lowest BCUT2D eigenvalue weighted by atomic mass is 10.3. The summed E-state index contributed by atoms with van der Waals surface area (Å²) < 4.78 is 0. The number of aliphatic hydroxyl groups excluding tert-OH is 1. The lowest BCUT2D eigenvalue weighted by Crippen LogP contribution is -1.85. The van der Waals surface area contributed by atoms with Crippen LogP contribution in [-0.4, -0.2) is 27.4 Å². The Morgan fingerprint density at radius 2 is 2.18 bits per heavy atom. The highest BCUT2D eigenvalue weighted by Gasteiger charge is 2.03. The summed E-state index contributed by atoms with van der Waals surface area (Å²) in [5, 5.41) is 10.3. The molecule has 0 saturated carbocycles. The van der Waals surface area contributed by atoms with Crippen molar-refractivity contribution < 1.29 is 5.11 Å². The molecule has 0 radical (unpaired) electrons. The minimum atomic E-state index is 0.286. The van der Waals surface area contributed by atoms with Gasteiger partial charge in [0.05, 0.1) is 11.0 Å². The fraction of sp³-hybridized carbons (Fsp3) is 0.417. The number of thioether (sulfide) groups is 1. The molecule has 3 nitrogen and oxygen atoms in total. The van der Waals surface area contributed by atoms with Gasteiger partial charge in [-0.15, -0.1) is 0 Å². The standard InChI is InChI=1S/C12H15ClN2OS/c13-9-4-5-10-11(8-9)15-12(14-10)17-7-3-1-2-6-16/h4-5,8,16H,1-3,6-7H2,(H,14,15). The van der Waals surface area contributed by atoms with Crippen LogP contribution in [-0.2, 0) is 0 Å². The van der Waals surface area contributed by atoms with Crippen molar-refractivity contribution in [1.29, 1.82) is 0 Å². The first kappa shape index (κ1) is 12.7. The highest BCUT2D eigenvalue weighted by molar-refractivity contribution is 7.99. The second-order valence-electron chi connectivity index (χ2n) is 3.84. The molecule has 5 heteroatoms. The van der Waals surface area contributed by atoms with E-state index in [-0.39, 0.29) is 6.61 Å². The third-order valence-corrected chi connectivity index (χ3v) is 3.66. The largest absolute Gasteiger partial charge is 0.396 e. The van der Waals surface area contributed by atoms with Gasteiger partial charge in [-0.2, -0.15) is 0 Å². The normalized spacial score (nSPS) is 11.2. The molecule has 2 N–H and O–H groups in total. The van der Waals surface area contributed by atoms with E-state index >= 15 is 0 Å². The van der Waals surface area contributed by atoms with Crippen molar-refractivity contribution in [2.75, 3.05) is 12.4 Å². The van der Waals surface area contributed by atoms with Gasteiger partial charge >= 0.3 is 0 Å². The van der Waals surface area contributed by atoms with Crippen LogP contribution in [0, 0.1) is 0 Å². The zero-order chi connectivity index (χ0) is 12.1. The Morgan fingerprint density at radius 3 is 3.00 bits per heavy atom. The molecule has 0 fully saturated rings. The molecule has 0 aliphatic heterocycles. The SMILES string of the molecule is OCCCCCSc1nc2ccc(Cl)cc2[nH]1. The Balaban J connectivity index is 1.91. The van der Waals surface area contributed by atoms with Crippen LogP contribution < -0.4 is 0 Å². The van der Waals surface area contributed by atoms with Gasteiger partial charge in [-0.3, -0.25) is 0 Å². The van der Waals surface area contributed by atoms with Crippen LogP contribution >= 0.6 is 23.4 Å². The number of halogens is 1. The van der Waals surface area contributed by atoms with Crippen LogP contribution in [0.25, 0.3) is 11.0 Å². The van der Waals surface area contributed by atoms with Crippen molar-refractivity contribution in [3.63, 3.8) is 0 Å². The zero-order valence-electron chi connectivity index (χ0n) is 9.45. The summed E-state index contributed by atoms with van der Waals surface area (Å²) in [6, 6.07) is 5.66. The fourth-order valence-corrected chi connectivity index (χ4v) is 2.65. The maximum absolute atomic E-state index is 8.67. The average Bonchev–Trinajstić information content (AvgIpc) is 2.70. The average molecular weight is 271 g/mol. The molecule has 0 bridgehead atoms. The van der Waals surface area contributed by atoms with Crippen LogP contribution in [0.3, 0.4) is 0 Å². The molecule has 2 rings (SSSR count). The Kier molecular flexibility index (Phi) is 4.71. The number of unbranched alkanes of at least 4 members (excludes halogenated alkanes) is 2. The number of hydrogen-bond donors (Lipinski definition) is 2. The molecule has 1 heterocycles. The third kappa shape index (κ3) is 3.63. The molecule has 2 aromatic rings. The summed E-state index contributed by atoms with van der Waals surface area (Å²) >= 11 is 7.62. The van der Waals surface area contributed by atoms with Gasteiger partial charge in [0.2, 0.25) is 0 Å². The smallest absolute Gasteiger partial charge is 0.166 e. The second kappa shape index (κ2) is 6.28. The molecular weight excluding hydrogens is 256 g/mol. The van der Waals surface area contributed by atoms with Crippen LogP contribution in [0.1, 0.15) is 19.3 Å². The van der Waals surface area contributed by atoms with Gasteiger partial charge in [0.15, 0.2) is 5.16 Å². The number of fused-ring (bicyclic) bond motifs is 1. The second-order valence-corrected chi connectivity index (χ2v) is 5.36. The minimum Gasteiger partial charge on any atom is -0.396 e. The number of aromatic nitrogens is 2. The molecule has 0 aliphatic carbocycles. The van der Waals surface area contributed by atoms with Crippen molar-refractivity contribution >= 4 is 34.4 Å². The number of hydrogen-bond acceptors (Lipinski definition) is 3. The van der Waals surface area contributed by atoms with E-state index in [1.807, 2.05) is 18.2 Å². The topological polar surface area (TPSA) is 48.9 Å². The number of benzene rings is 1.